The Morgan fingerprint density at radius 3 is 2.28 bits per heavy atom. The maximum Gasteiger partial charge on any atom is 0.259 e. The molecule has 2 heterocycles. The molecule has 0 aliphatic rings. The van der Waals surface area contributed by atoms with E-state index in [-0.39, 0.29) is 0 Å². The first-order valence-electron chi connectivity index (χ1n) is 9.95. The minimum atomic E-state index is 0.938. The molecule has 29 heavy (non-hydrogen) atoms. The molecule has 6 aromatic rings. The van der Waals surface area contributed by atoms with Gasteiger partial charge in [0.25, 0.3) is 5.82 Å². The molecule has 0 spiro atoms. The van der Waals surface area contributed by atoms with E-state index in [1.165, 1.54) is 44.3 Å². The third kappa shape index (κ3) is 2.10. The lowest BCUT2D eigenvalue weighted by Gasteiger charge is -2.04. The van der Waals surface area contributed by atoms with E-state index in [1.54, 1.807) is 0 Å². The molecule has 0 fully saturated rings. The Kier molecular flexibility index (Phi) is 3.22. The van der Waals surface area contributed by atoms with Crippen LogP contribution in [0.5, 0.6) is 0 Å². The zero-order chi connectivity index (χ0) is 19.7. The first-order chi connectivity index (χ1) is 14.1. The fraction of sp³-hybridized carbons (Fsp3) is 0.115. The summed E-state index contributed by atoms with van der Waals surface area (Å²) in [6, 6.07) is 25.7. The molecule has 0 unspecified atom stereocenters. The molecule has 3 heteroatoms. The van der Waals surface area contributed by atoms with Crippen molar-refractivity contribution in [3.8, 4) is 5.69 Å². The van der Waals surface area contributed by atoms with E-state index in [2.05, 4.69) is 90.7 Å². The number of para-hydroxylation sites is 2. The van der Waals surface area contributed by atoms with Crippen molar-refractivity contribution in [3.63, 3.8) is 0 Å². The van der Waals surface area contributed by atoms with Crippen LogP contribution in [0, 0.1) is 13.8 Å². The van der Waals surface area contributed by atoms with Crippen molar-refractivity contribution in [1.29, 1.82) is 0 Å². The number of aromatic nitrogens is 2. The lowest BCUT2D eigenvalue weighted by atomic mass is 10.0. The van der Waals surface area contributed by atoms with Crippen LogP contribution in [0.2, 0.25) is 0 Å². The Hall–Kier alpha value is -3.59. The third-order valence-electron chi connectivity index (χ3n) is 6.23. The van der Waals surface area contributed by atoms with Crippen LogP contribution in [0.25, 0.3) is 49.4 Å². The summed E-state index contributed by atoms with van der Waals surface area (Å²) in [5.41, 5.74) is 6.83. The van der Waals surface area contributed by atoms with E-state index >= 15 is 0 Å². The highest BCUT2D eigenvalue weighted by atomic mass is 16.3. The monoisotopic (exact) mass is 377 g/mol. The van der Waals surface area contributed by atoms with Crippen molar-refractivity contribution in [2.24, 2.45) is 7.05 Å². The summed E-state index contributed by atoms with van der Waals surface area (Å²) in [4.78, 5) is 0. The summed E-state index contributed by atoms with van der Waals surface area (Å²) >= 11 is 0. The summed E-state index contributed by atoms with van der Waals surface area (Å²) in [6.45, 7) is 4.34. The van der Waals surface area contributed by atoms with Gasteiger partial charge in [-0.1, -0.05) is 36.4 Å². The molecule has 0 saturated carbocycles. The Morgan fingerprint density at radius 2 is 1.41 bits per heavy atom. The lowest BCUT2D eigenvalue weighted by molar-refractivity contribution is -0.651. The van der Waals surface area contributed by atoms with Gasteiger partial charge in [-0.2, -0.15) is 4.57 Å². The van der Waals surface area contributed by atoms with Crippen LogP contribution in [0.15, 0.2) is 77.2 Å². The summed E-state index contributed by atoms with van der Waals surface area (Å²) in [5.74, 6) is 1.20. The van der Waals surface area contributed by atoms with E-state index in [4.69, 9.17) is 4.42 Å². The Labute approximate surface area is 168 Å². The topological polar surface area (TPSA) is 21.9 Å². The minimum absolute atomic E-state index is 0.938. The quantitative estimate of drug-likeness (QED) is 0.316. The van der Waals surface area contributed by atoms with E-state index in [0.29, 0.717) is 0 Å². The van der Waals surface area contributed by atoms with E-state index in [1.807, 2.05) is 12.1 Å². The van der Waals surface area contributed by atoms with Gasteiger partial charge in [-0.3, -0.25) is 0 Å². The summed E-state index contributed by atoms with van der Waals surface area (Å²) < 4.78 is 10.9. The van der Waals surface area contributed by atoms with Crippen LogP contribution in [0.1, 0.15) is 11.4 Å². The number of fused-ring (bicyclic) bond motifs is 7. The second-order valence-corrected chi connectivity index (χ2v) is 7.80. The van der Waals surface area contributed by atoms with Gasteiger partial charge >= 0.3 is 0 Å². The van der Waals surface area contributed by atoms with E-state index in [9.17, 15) is 0 Å². The van der Waals surface area contributed by atoms with Gasteiger partial charge in [0.15, 0.2) is 11.0 Å². The number of nitrogens with zero attached hydrogens (tertiary/aromatic N) is 2. The molecular formula is C26H21N2O+. The van der Waals surface area contributed by atoms with Crippen LogP contribution in [0.3, 0.4) is 0 Å². The van der Waals surface area contributed by atoms with Gasteiger partial charge in [0.1, 0.15) is 16.9 Å². The Balaban J connectivity index is 1.78. The van der Waals surface area contributed by atoms with Crippen molar-refractivity contribution >= 4 is 43.7 Å². The van der Waals surface area contributed by atoms with E-state index in [0.717, 1.165) is 16.6 Å². The van der Waals surface area contributed by atoms with Gasteiger partial charge in [-0.15, -0.1) is 0 Å². The second-order valence-electron chi connectivity index (χ2n) is 7.80. The molecule has 3 nitrogen and oxygen atoms in total. The molecular weight excluding hydrogens is 356 g/mol. The van der Waals surface area contributed by atoms with Crippen molar-refractivity contribution in [1.82, 2.24) is 4.57 Å². The fourth-order valence-corrected chi connectivity index (χ4v) is 4.70. The fourth-order valence-electron chi connectivity index (χ4n) is 4.70. The predicted octanol–water partition coefficient (Wildman–Crippen LogP) is 6.12. The van der Waals surface area contributed by atoms with Crippen molar-refractivity contribution in [2.75, 3.05) is 0 Å². The molecule has 0 N–H and O–H groups in total. The average Bonchev–Trinajstić information content (AvgIpc) is 3.24. The lowest BCUT2D eigenvalue weighted by Crippen LogP contribution is -2.31. The Morgan fingerprint density at radius 1 is 0.724 bits per heavy atom. The smallest absolute Gasteiger partial charge is 0.259 e. The third-order valence-corrected chi connectivity index (χ3v) is 6.23. The number of benzene rings is 4. The van der Waals surface area contributed by atoms with Crippen molar-refractivity contribution in [3.05, 3.63) is 84.2 Å². The summed E-state index contributed by atoms with van der Waals surface area (Å²) in [5, 5.41) is 4.71. The van der Waals surface area contributed by atoms with Gasteiger partial charge < -0.3 is 4.42 Å². The number of hydrogen-bond acceptors (Lipinski definition) is 1. The van der Waals surface area contributed by atoms with Crippen LogP contribution < -0.4 is 4.57 Å². The second kappa shape index (κ2) is 5.71. The normalized spacial score (nSPS) is 12.0. The highest BCUT2D eigenvalue weighted by Gasteiger charge is 2.24. The SMILES string of the molecule is Cc1ccccc1-n1c(C)[n+](C)c2c3ccc4c5ccccc5oc4c3ccc21. The predicted molar refractivity (Wildman–Crippen MR) is 119 cm³/mol. The molecule has 2 aromatic heterocycles. The molecule has 0 bridgehead atoms. The van der Waals surface area contributed by atoms with Crippen LogP contribution in [-0.4, -0.2) is 4.57 Å². The molecule has 6 rings (SSSR count). The average molecular weight is 377 g/mol. The standard InChI is InChI=1S/C26H21N2O/c1-16-8-4-6-10-22(16)28-17(2)27(3)25-19-12-13-20-18-9-5-7-11-24(18)29-26(20)21(19)14-15-23(25)28/h4-15H,1-3H3/q+1. The highest BCUT2D eigenvalue weighted by molar-refractivity contribution is 6.19. The highest BCUT2D eigenvalue weighted by Crippen LogP contribution is 2.36. The van der Waals surface area contributed by atoms with Crippen LogP contribution in [0.4, 0.5) is 0 Å². The zero-order valence-corrected chi connectivity index (χ0v) is 16.7. The molecule has 0 atom stereocenters. The molecule has 4 aromatic carbocycles. The number of furan rings is 1. The minimum Gasteiger partial charge on any atom is -0.455 e. The first-order valence-corrected chi connectivity index (χ1v) is 9.95. The maximum absolute atomic E-state index is 6.28. The van der Waals surface area contributed by atoms with Crippen molar-refractivity contribution in [2.45, 2.75) is 13.8 Å². The van der Waals surface area contributed by atoms with Gasteiger partial charge in [0.05, 0.1) is 7.05 Å². The molecule has 0 aliphatic heterocycles. The summed E-state index contributed by atoms with van der Waals surface area (Å²) in [7, 11) is 2.15. The molecule has 0 radical (unpaired) electrons. The van der Waals surface area contributed by atoms with Crippen molar-refractivity contribution < 1.29 is 8.98 Å². The largest absolute Gasteiger partial charge is 0.455 e. The van der Waals surface area contributed by atoms with Crippen LogP contribution in [-0.2, 0) is 7.05 Å². The Bertz CT molecular complexity index is 1580. The summed E-state index contributed by atoms with van der Waals surface area (Å²) in [6.07, 6.45) is 0. The molecule has 0 saturated heterocycles. The molecule has 140 valence electrons. The van der Waals surface area contributed by atoms with Crippen LogP contribution >= 0.6 is 0 Å². The number of imidazole rings is 1. The van der Waals surface area contributed by atoms with E-state index < -0.39 is 0 Å². The van der Waals surface area contributed by atoms with Gasteiger partial charge in [-0.25, -0.2) is 4.57 Å². The number of hydrogen-bond donors (Lipinski definition) is 0. The van der Waals surface area contributed by atoms with Gasteiger partial charge in [0.2, 0.25) is 0 Å². The number of aryl methyl sites for hydroxylation is 2. The van der Waals surface area contributed by atoms with Gasteiger partial charge in [-0.05, 0) is 48.9 Å². The molecule has 0 aliphatic carbocycles. The first kappa shape index (κ1) is 16.4. The maximum atomic E-state index is 6.28. The number of rotatable bonds is 1. The van der Waals surface area contributed by atoms with Gasteiger partial charge in [0, 0.05) is 28.5 Å². The molecule has 0 amide bonds. The zero-order valence-electron chi connectivity index (χ0n) is 16.7.